The molecule has 0 heterocycles. The quantitative estimate of drug-likeness (QED) is 0.591. The fraction of sp³-hybridized carbons (Fsp3) is 0.368. The van der Waals surface area contributed by atoms with Crippen molar-refractivity contribution in [3.05, 3.63) is 54.6 Å². The van der Waals surface area contributed by atoms with Crippen LogP contribution in [0.3, 0.4) is 0 Å². The zero-order chi connectivity index (χ0) is 14.7. The predicted octanol–water partition coefficient (Wildman–Crippen LogP) is 4.61. The topological polar surface area (TPSA) is 21.3 Å². The summed E-state index contributed by atoms with van der Waals surface area (Å²) < 4.78 is 6.10. The molecule has 2 aromatic rings. The maximum Gasteiger partial charge on any atom is 0.131 e. The lowest BCUT2D eigenvalue weighted by Gasteiger charge is -2.20. The Bertz CT molecular complexity index is 630. The summed E-state index contributed by atoms with van der Waals surface area (Å²) in [6.45, 7) is 6.67. The third-order valence-electron chi connectivity index (χ3n) is 4.01. The Kier molecular flexibility index (Phi) is 4.26. The van der Waals surface area contributed by atoms with E-state index in [9.17, 15) is 0 Å². The smallest absolute Gasteiger partial charge is 0.131 e. The molecule has 1 aliphatic rings. The minimum atomic E-state index is 0.320. The van der Waals surface area contributed by atoms with Crippen LogP contribution >= 0.6 is 0 Å². The molecule has 0 radical (unpaired) electrons. The van der Waals surface area contributed by atoms with Crippen LogP contribution in [0.5, 0.6) is 5.75 Å². The molecule has 0 aliphatic heterocycles. The lowest BCUT2D eigenvalue weighted by molar-refractivity contribution is 0.322. The number of nitrogens with one attached hydrogen (secondary N) is 1. The first-order valence-corrected chi connectivity index (χ1v) is 7.81. The maximum absolute atomic E-state index is 6.10. The van der Waals surface area contributed by atoms with E-state index in [0.29, 0.717) is 18.7 Å². The largest absolute Gasteiger partial charge is 0.492 e. The first kappa shape index (κ1) is 14.2. The lowest BCUT2D eigenvalue weighted by atomic mass is 10.0. The van der Waals surface area contributed by atoms with Crippen LogP contribution in [0.4, 0.5) is 0 Å². The van der Waals surface area contributed by atoms with Gasteiger partial charge in [0.05, 0.1) is 6.61 Å². The van der Waals surface area contributed by atoms with Gasteiger partial charge in [0.1, 0.15) is 5.75 Å². The number of rotatable bonds is 7. The summed E-state index contributed by atoms with van der Waals surface area (Å²) in [4.78, 5) is 0. The van der Waals surface area contributed by atoms with Crippen LogP contribution in [0.1, 0.15) is 37.8 Å². The standard InChI is InChI=1S/C19H23NO/c1-3-4-13-21-19-17(14(2)20-16-10-11-16)12-9-15-7-5-6-8-18(15)19/h3,5-9,12,14,16,20H,1,4,10-11,13H2,2H3. The van der Waals surface area contributed by atoms with E-state index in [1.54, 1.807) is 0 Å². The molecule has 2 nitrogen and oxygen atoms in total. The summed E-state index contributed by atoms with van der Waals surface area (Å²) >= 11 is 0. The van der Waals surface area contributed by atoms with E-state index in [2.05, 4.69) is 55.2 Å². The van der Waals surface area contributed by atoms with Gasteiger partial charge in [0, 0.05) is 23.0 Å². The molecule has 1 fully saturated rings. The normalized spacial score (nSPS) is 15.9. The molecule has 2 aromatic carbocycles. The highest BCUT2D eigenvalue weighted by Gasteiger charge is 2.25. The summed E-state index contributed by atoms with van der Waals surface area (Å²) in [6.07, 6.45) is 5.36. The molecular weight excluding hydrogens is 258 g/mol. The van der Waals surface area contributed by atoms with Crippen molar-refractivity contribution in [1.82, 2.24) is 5.32 Å². The van der Waals surface area contributed by atoms with Gasteiger partial charge in [-0.25, -0.2) is 0 Å². The van der Waals surface area contributed by atoms with Crippen LogP contribution in [0.15, 0.2) is 49.1 Å². The van der Waals surface area contributed by atoms with Gasteiger partial charge in [-0.3, -0.25) is 0 Å². The zero-order valence-electron chi connectivity index (χ0n) is 12.6. The summed E-state index contributed by atoms with van der Waals surface area (Å²) in [5.74, 6) is 1.02. The number of fused-ring (bicyclic) bond motifs is 1. The van der Waals surface area contributed by atoms with Gasteiger partial charge in [-0.2, -0.15) is 0 Å². The first-order chi connectivity index (χ1) is 10.3. The van der Waals surface area contributed by atoms with Crippen LogP contribution in [0.2, 0.25) is 0 Å². The Morgan fingerprint density at radius 1 is 1.29 bits per heavy atom. The highest BCUT2D eigenvalue weighted by molar-refractivity contribution is 5.89. The van der Waals surface area contributed by atoms with Crippen LogP contribution < -0.4 is 10.1 Å². The van der Waals surface area contributed by atoms with Crippen LogP contribution in [-0.2, 0) is 0 Å². The summed E-state index contributed by atoms with van der Waals surface area (Å²) in [5, 5.41) is 6.09. The maximum atomic E-state index is 6.10. The SMILES string of the molecule is C=CCCOc1c(C(C)NC2CC2)ccc2ccccc12. The van der Waals surface area contributed by atoms with Crippen molar-refractivity contribution in [2.45, 2.75) is 38.3 Å². The van der Waals surface area contributed by atoms with Crippen molar-refractivity contribution in [2.75, 3.05) is 6.61 Å². The summed E-state index contributed by atoms with van der Waals surface area (Å²) in [7, 11) is 0. The fourth-order valence-electron chi connectivity index (χ4n) is 2.70. The second-order valence-corrected chi connectivity index (χ2v) is 5.79. The molecule has 110 valence electrons. The first-order valence-electron chi connectivity index (χ1n) is 7.81. The molecule has 1 atom stereocenters. The minimum Gasteiger partial charge on any atom is -0.492 e. The fourth-order valence-corrected chi connectivity index (χ4v) is 2.70. The highest BCUT2D eigenvalue weighted by Crippen LogP contribution is 2.35. The molecule has 1 aliphatic carbocycles. The second-order valence-electron chi connectivity index (χ2n) is 5.79. The van der Waals surface area contributed by atoms with Crippen molar-refractivity contribution in [2.24, 2.45) is 0 Å². The molecule has 21 heavy (non-hydrogen) atoms. The van der Waals surface area contributed by atoms with Crippen molar-refractivity contribution in [3.8, 4) is 5.75 Å². The molecule has 0 amide bonds. The van der Waals surface area contributed by atoms with Gasteiger partial charge < -0.3 is 10.1 Å². The number of ether oxygens (including phenoxy) is 1. The minimum absolute atomic E-state index is 0.320. The van der Waals surface area contributed by atoms with E-state index in [-0.39, 0.29) is 0 Å². The Balaban J connectivity index is 1.95. The average molecular weight is 281 g/mol. The highest BCUT2D eigenvalue weighted by atomic mass is 16.5. The molecule has 1 saturated carbocycles. The summed E-state index contributed by atoms with van der Waals surface area (Å²) in [5.41, 5.74) is 1.25. The molecule has 0 bridgehead atoms. The van der Waals surface area contributed by atoms with Gasteiger partial charge >= 0.3 is 0 Å². The molecule has 0 saturated heterocycles. The van der Waals surface area contributed by atoms with E-state index < -0.39 is 0 Å². The number of benzene rings is 2. The van der Waals surface area contributed by atoms with Gasteiger partial charge in [0.25, 0.3) is 0 Å². The predicted molar refractivity (Wildman–Crippen MR) is 88.8 cm³/mol. The van der Waals surface area contributed by atoms with Crippen LogP contribution in [-0.4, -0.2) is 12.6 Å². The van der Waals surface area contributed by atoms with Crippen LogP contribution in [0, 0.1) is 0 Å². The molecule has 2 heteroatoms. The van der Waals surface area contributed by atoms with Gasteiger partial charge in [0.15, 0.2) is 0 Å². The average Bonchev–Trinajstić information content (AvgIpc) is 3.31. The third kappa shape index (κ3) is 3.27. The van der Waals surface area contributed by atoms with Crippen molar-refractivity contribution >= 4 is 10.8 Å². The van der Waals surface area contributed by atoms with E-state index in [1.165, 1.54) is 29.2 Å². The van der Waals surface area contributed by atoms with E-state index >= 15 is 0 Å². The van der Waals surface area contributed by atoms with Gasteiger partial charge in [-0.1, -0.05) is 42.5 Å². The van der Waals surface area contributed by atoms with Crippen molar-refractivity contribution < 1.29 is 4.74 Å². The lowest BCUT2D eigenvalue weighted by Crippen LogP contribution is -2.21. The van der Waals surface area contributed by atoms with E-state index in [4.69, 9.17) is 4.74 Å². The molecule has 1 N–H and O–H groups in total. The van der Waals surface area contributed by atoms with Crippen molar-refractivity contribution in [3.63, 3.8) is 0 Å². The Morgan fingerprint density at radius 2 is 2.10 bits per heavy atom. The Hall–Kier alpha value is -1.80. The Morgan fingerprint density at radius 3 is 2.86 bits per heavy atom. The summed E-state index contributed by atoms with van der Waals surface area (Å²) in [6, 6.07) is 13.8. The van der Waals surface area contributed by atoms with Crippen LogP contribution in [0.25, 0.3) is 10.8 Å². The van der Waals surface area contributed by atoms with E-state index in [0.717, 1.165) is 12.2 Å². The monoisotopic (exact) mass is 281 g/mol. The van der Waals surface area contributed by atoms with Gasteiger partial charge in [0.2, 0.25) is 0 Å². The number of hydrogen-bond donors (Lipinski definition) is 1. The molecule has 0 spiro atoms. The molecular formula is C19H23NO. The molecule has 3 rings (SSSR count). The number of hydrogen-bond acceptors (Lipinski definition) is 2. The zero-order valence-corrected chi connectivity index (χ0v) is 12.6. The Labute approximate surface area is 126 Å². The third-order valence-corrected chi connectivity index (χ3v) is 4.01. The van der Waals surface area contributed by atoms with Gasteiger partial charge in [-0.05, 0) is 31.6 Å². The molecule has 0 aromatic heterocycles. The van der Waals surface area contributed by atoms with Gasteiger partial charge in [-0.15, -0.1) is 6.58 Å². The second kappa shape index (κ2) is 6.31. The van der Waals surface area contributed by atoms with E-state index in [1.807, 2.05) is 6.08 Å². The van der Waals surface area contributed by atoms with Crippen molar-refractivity contribution in [1.29, 1.82) is 0 Å². The molecule has 1 unspecified atom stereocenters.